The first-order valence-corrected chi connectivity index (χ1v) is 11.7. The highest BCUT2D eigenvalue weighted by Crippen LogP contribution is 2.27. The molecule has 34 heavy (non-hydrogen) atoms. The Labute approximate surface area is 199 Å². The number of likely N-dealkylation sites (tertiary alicyclic amines) is 1. The first kappa shape index (κ1) is 23.7. The number of benzene rings is 2. The molecule has 0 bridgehead atoms. The highest BCUT2D eigenvalue weighted by atomic mass is 19.1. The van der Waals surface area contributed by atoms with Gasteiger partial charge in [0.1, 0.15) is 18.8 Å². The molecule has 3 atom stereocenters. The number of aryl methyl sites for hydroxylation is 1. The van der Waals surface area contributed by atoms with Crippen LogP contribution < -0.4 is 5.32 Å². The average molecular weight is 463 g/mol. The van der Waals surface area contributed by atoms with Crippen LogP contribution >= 0.6 is 0 Å². The molecule has 3 unspecified atom stereocenters. The molecule has 2 heterocycles. The SMILES string of the molecule is Cc1ccn(CC(=O)N2CC(F)CC2C(=O)NC(c2ccccc2)c2ccc(C(C)C)cc2)n1. The molecule has 3 aromatic rings. The minimum Gasteiger partial charge on any atom is -0.343 e. The summed E-state index contributed by atoms with van der Waals surface area (Å²) >= 11 is 0. The molecule has 6 nitrogen and oxygen atoms in total. The van der Waals surface area contributed by atoms with Gasteiger partial charge < -0.3 is 10.2 Å². The van der Waals surface area contributed by atoms with E-state index in [-0.39, 0.29) is 31.3 Å². The lowest BCUT2D eigenvalue weighted by molar-refractivity contribution is -0.139. The van der Waals surface area contributed by atoms with E-state index >= 15 is 0 Å². The van der Waals surface area contributed by atoms with Crippen LogP contribution in [0.25, 0.3) is 0 Å². The third-order valence-electron chi connectivity index (χ3n) is 6.30. The van der Waals surface area contributed by atoms with Gasteiger partial charge in [0.25, 0.3) is 0 Å². The lowest BCUT2D eigenvalue weighted by Gasteiger charge is -2.27. The van der Waals surface area contributed by atoms with E-state index in [0.29, 0.717) is 5.92 Å². The Bertz CT molecular complexity index is 1130. The van der Waals surface area contributed by atoms with Crippen LogP contribution in [0.2, 0.25) is 0 Å². The van der Waals surface area contributed by atoms with Gasteiger partial charge in [0.2, 0.25) is 11.8 Å². The number of rotatable bonds is 7. The summed E-state index contributed by atoms with van der Waals surface area (Å²) < 4.78 is 15.9. The third-order valence-corrected chi connectivity index (χ3v) is 6.30. The number of halogens is 1. The lowest BCUT2D eigenvalue weighted by Crippen LogP contribution is -2.48. The monoisotopic (exact) mass is 462 g/mol. The Balaban J connectivity index is 1.55. The van der Waals surface area contributed by atoms with E-state index in [0.717, 1.165) is 16.8 Å². The van der Waals surface area contributed by atoms with Crippen molar-refractivity contribution < 1.29 is 14.0 Å². The van der Waals surface area contributed by atoms with Gasteiger partial charge >= 0.3 is 0 Å². The van der Waals surface area contributed by atoms with Crippen molar-refractivity contribution in [2.75, 3.05) is 6.54 Å². The van der Waals surface area contributed by atoms with Crippen molar-refractivity contribution in [3.05, 3.63) is 89.2 Å². The first-order valence-electron chi connectivity index (χ1n) is 11.7. The van der Waals surface area contributed by atoms with Crippen molar-refractivity contribution in [1.82, 2.24) is 20.0 Å². The van der Waals surface area contributed by atoms with Crippen LogP contribution in [0.4, 0.5) is 4.39 Å². The number of amides is 2. The van der Waals surface area contributed by atoms with Gasteiger partial charge in [-0.15, -0.1) is 0 Å². The number of hydrogen-bond donors (Lipinski definition) is 1. The fraction of sp³-hybridized carbons (Fsp3) is 0.370. The molecule has 1 fully saturated rings. The van der Waals surface area contributed by atoms with E-state index in [1.165, 1.54) is 15.1 Å². The molecule has 1 N–H and O–H groups in total. The number of nitrogens with one attached hydrogen (secondary N) is 1. The summed E-state index contributed by atoms with van der Waals surface area (Å²) in [6.07, 6.45) is 0.459. The van der Waals surface area contributed by atoms with Crippen LogP contribution in [0.5, 0.6) is 0 Å². The molecular weight excluding hydrogens is 431 g/mol. The Kier molecular flexibility index (Phi) is 7.10. The zero-order valence-electron chi connectivity index (χ0n) is 19.8. The first-order chi connectivity index (χ1) is 16.3. The minimum atomic E-state index is -1.24. The zero-order valence-corrected chi connectivity index (χ0v) is 19.8. The van der Waals surface area contributed by atoms with Gasteiger partial charge in [-0.2, -0.15) is 5.10 Å². The van der Waals surface area contributed by atoms with Crippen molar-refractivity contribution >= 4 is 11.8 Å². The number of aromatic nitrogens is 2. The van der Waals surface area contributed by atoms with E-state index in [2.05, 4.69) is 36.4 Å². The smallest absolute Gasteiger partial charge is 0.245 e. The van der Waals surface area contributed by atoms with Gasteiger partial charge in [-0.3, -0.25) is 14.3 Å². The fourth-order valence-electron chi connectivity index (χ4n) is 4.41. The van der Waals surface area contributed by atoms with E-state index in [4.69, 9.17) is 0 Å². The minimum absolute atomic E-state index is 0.0104. The van der Waals surface area contributed by atoms with Gasteiger partial charge in [-0.05, 0) is 35.6 Å². The number of nitrogens with zero attached hydrogens (tertiary/aromatic N) is 3. The normalized spacial score (nSPS) is 18.8. The molecule has 0 radical (unpaired) electrons. The molecular formula is C27H31FN4O2. The van der Waals surface area contributed by atoms with Gasteiger partial charge in [-0.1, -0.05) is 68.4 Å². The molecule has 1 saturated heterocycles. The van der Waals surface area contributed by atoms with E-state index in [1.807, 2.05) is 49.4 Å². The predicted octanol–water partition coefficient (Wildman–Crippen LogP) is 4.16. The van der Waals surface area contributed by atoms with Crippen LogP contribution in [0, 0.1) is 6.92 Å². The Morgan fingerprint density at radius 2 is 1.68 bits per heavy atom. The van der Waals surface area contributed by atoms with Crippen molar-refractivity contribution in [2.45, 2.75) is 57.9 Å². The largest absolute Gasteiger partial charge is 0.343 e. The number of alkyl halides is 1. The van der Waals surface area contributed by atoms with E-state index in [1.54, 1.807) is 12.3 Å². The second kappa shape index (κ2) is 10.2. The summed E-state index contributed by atoms with van der Waals surface area (Å²) in [7, 11) is 0. The molecule has 178 valence electrons. The average Bonchev–Trinajstić information content (AvgIpc) is 3.43. The molecule has 1 aromatic heterocycles. The van der Waals surface area contributed by atoms with Crippen LogP contribution in [0.3, 0.4) is 0 Å². The fourth-order valence-corrected chi connectivity index (χ4v) is 4.41. The van der Waals surface area contributed by atoms with Gasteiger partial charge in [0, 0.05) is 12.6 Å². The molecule has 2 amide bonds. The van der Waals surface area contributed by atoms with E-state index in [9.17, 15) is 14.0 Å². The molecule has 0 saturated carbocycles. The highest BCUT2D eigenvalue weighted by Gasteiger charge is 2.40. The summed E-state index contributed by atoms with van der Waals surface area (Å²) in [5.41, 5.74) is 3.86. The number of carbonyl (C=O) groups is 2. The maximum Gasteiger partial charge on any atom is 0.245 e. The third kappa shape index (κ3) is 5.35. The summed E-state index contributed by atoms with van der Waals surface area (Å²) in [5, 5.41) is 7.32. The predicted molar refractivity (Wildman–Crippen MR) is 129 cm³/mol. The molecule has 2 aromatic carbocycles. The highest BCUT2D eigenvalue weighted by molar-refractivity contribution is 5.88. The zero-order chi connectivity index (χ0) is 24.2. The summed E-state index contributed by atoms with van der Waals surface area (Å²) in [6, 6.07) is 18.4. The molecule has 0 aliphatic carbocycles. The van der Waals surface area contributed by atoms with Crippen molar-refractivity contribution in [3.8, 4) is 0 Å². The van der Waals surface area contributed by atoms with Crippen LogP contribution in [-0.4, -0.2) is 45.3 Å². The molecule has 1 aliphatic heterocycles. The lowest BCUT2D eigenvalue weighted by atomic mass is 9.95. The molecule has 1 aliphatic rings. The quantitative estimate of drug-likeness (QED) is 0.573. The Morgan fingerprint density at radius 1 is 1.03 bits per heavy atom. The Morgan fingerprint density at radius 3 is 2.29 bits per heavy atom. The molecule has 0 spiro atoms. The summed E-state index contributed by atoms with van der Waals surface area (Å²) in [5.74, 6) is -0.273. The summed E-state index contributed by atoms with van der Waals surface area (Å²) in [6.45, 7) is 5.99. The van der Waals surface area contributed by atoms with Gasteiger partial charge in [-0.25, -0.2) is 4.39 Å². The van der Waals surface area contributed by atoms with Crippen LogP contribution in [0.15, 0.2) is 66.9 Å². The second-order valence-corrected chi connectivity index (χ2v) is 9.22. The topological polar surface area (TPSA) is 67.2 Å². The standard InChI is InChI=1S/C27H31FN4O2/c1-18(2)20-9-11-22(12-10-20)26(21-7-5-4-6-8-21)29-27(34)24-15-23(28)16-32(24)25(33)17-31-14-13-19(3)30-31/h4-14,18,23-24,26H,15-17H2,1-3H3,(H,29,34). The number of carbonyl (C=O) groups excluding carboxylic acids is 2. The second-order valence-electron chi connectivity index (χ2n) is 9.22. The van der Waals surface area contributed by atoms with E-state index < -0.39 is 18.3 Å². The molecule has 7 heteroatoms. The number of hydrogen-bond acceptors (Lipinski definition) is 3. The van der Waals surface area contributed by atoms with Gasteiger partial charge in [0.05, 0.1) is 18.3 Å². The summed E-state index contributed by atoms with van der Waals surface area (Å²) in [4.78, 5) is 27.7. The van der Waals surface area contributed by atoms with Crippen LogP contribution in [0.1, 0.15) is 54.6 Å². The Hall–Kier alpha value is -3.48. The van der Waals surface area contributed by atoms with Gasteiger partial charge in [0.15, 0.2) is 0 Å². The van der Waals surface area contributed by atoms with Crippen molar-refractivity contribution in [2.24, 2.45) is 0 Å². The molecule has 4 rings (SSSR count). The van der Waals surface area contributed by atoms with Crippen LogP contribution in [-0.2, 0) is 16.1 Å². The van der Waals surface area contributed by atoms with Crippen molar-refractivity contribution in [3.63, 3.8) is 0 Å². The maximum absolute atomic E-state index is 14.4. The van der Waals surface area contributed by atoms with Crippen molar-refractivity contribution in [1.29, 1.82) is 0 Å². The maximum atomic E-state index is 14.4.